The van der Waals surface area contributed by atoms with Crippen LogP contribution in [0.15, 0.2) is 41.3 Å². The van der Waals surface area contributed by atoms with Crippen LogP contribution in [0.25, 0.3) is 0 Å². The molecule has 1 amide bonds. The van der Waals surface area contributed by atoms with E-state index in [0.29, 0.717) is 12.1 Å². The quantitative estimate of drug-likeness (QED) is 0.771. The topological polar surface area (TPSA) is 58.0 Å². The monoisotopic (exact) mass is 190 g/mol. The number of rotatable bonds is 3. The summed E-state index contributed by atoms with van der Waals surface area (Å²) in [5, 5.41) is 2.76. The van der Waals surface area contributed by atoms with Gasteiger partial charge in [0.1, 0.15) is 6.26 Å². The number of aromatic amines is 1. The summed E-state index contributed by atoms with van der Waals surface area (Å²) in [4.78, 5) is 14.4. The van der Waals surface area contributed by atoms with Crippen molar-refractivity contribution in [2.24, 2.45) is 0 Å². The highest BCUT2D eigenvalue weighted by molar-refractivity contribution is 5.93. The molecule has 2 N–H and O–H groups in total. The molecule has 2 rings (SSSR count). The summed E-state index contributed by atoms with van der Waals surface area (Å²) >= 11 is 0. The lowest BCUT2D eigenvalue weighted by molar-refractivity contribution is 0.0950. The van der Waals surface area contributed by atoms with Gasteiger partial charge in [0.15, 0.2) is 0 Å². The Bertz CT molecular complexity index is 390. The van der Waals surface area contributed by atoms with E-state index in [1.54, 1.807) is 6.07 Å². The molecule has 0 radical (unpaired) electrons. The van der Waals surface area contributed by atoms with E-state index in [2.05, 4.69) is 10.3 Å². The van der Waals surface area contributed by atoms with Crippen LogP contribution in [0.1, 0.15) is 16.1 Å². The molecule has 2 aromatic rings. The molecular formula is C10H10N2O2. The van der Waals surface area contributed by atoms with E-state index in [9.17, 15) is 4.79 Å². The fourth-order valence-electron chi connectivity index (χ4n) is 1.15. The Balaban J connectivity index is 1.90. The Morgan fingerprint density at radius 1 is 1.50 bits per heavy atom. The van der Waals surface area contributed by atoms with Gasteiger partial charge in [-0.3, -0.25) is 4.79 Å². The summed E-state index contributed by atoms with van der Waals surface area (Å²) in [5.41, 5.74) is 1.51. The van der Waals surface area contributed by atoms with Gasteiger partial charge in [-0.15, -0.1) is 0 Å². The number of aromatic nitrogens is 1. The number of carbonyl (C=O) groups is 1. The first-order valence-electron chi connectivity index (χ1n) is 4.29. The highest BCUT2D eigenvalue weighted by atomic mass is 16.3. The Labute approximate surface area is 80.9 Å². The van der Waals surface area contributed by atoms with Gasteiger partial charge in [0.25, 0.3) is 5.91 Å². The van der Waals surface area contributed by atoms with E-state index in [4.69, 9.17) is 4.42 Å². The van der Waals surface area contributed by atoms with Gasteiger partial charge in [-0.2, -0.15) is 0 Å². The summed E-state index contributed by atoms with van der Waals surface area (Å²) < 4.78 is 4.80. The lowest BCUT2D eigenvalue weighted by atomic mass is 10.3. The van der Waals surface area contributed by atoms with Crippen molar-refractivity contribution in [3.8, 4) is 0 Å². The van der Waals surface area contributed by atoms with Gasteiger partial charge in [0.05, 0.1) is 18.4 Å². The van der Waals surface area contributed by atoms with E-state index in [1.165, 1.54) is 12.5 Å². The lowest BCUT2D eigenvalue weighted by Gasteiger charge is -2.00. The van der Waals surface area contributed by atoms with Crippen LogP contribution in [-0.4, -0.2) is 10.9 Å². The fourth-order valence-corrected chi connectivity index (χ4v) is 1.15. The minimum Gasteiger partial charge on any atom is -0.472 e. The van der Waals surface area contributed by atoms with Gasteiger partial charge in [-0.05, 0) is 18.2 Å². The molecule has 0 unspecified atom stereocenters. The Kier molecular flexibility index (Phi) is 2.36. The Morgan fingerprint density at radius 2 is 2.43 bits per heavy atom. The van der Waals surface area contributed by atoms with Crippen LogP contribution >= 0.6 is 0 Å². The fraction of sp³-hybridized carbons (Fsp3) is 0.100. The summed E-state index contributed by atoms with van der Waals surface area (Å²) in [6.07, 6.45) is 4.72. The molecule has 72 valence electrons. The zero-order valence-corrected chi connectivity index (χ0v) is 7.49. The van der Waals surface area contributed by atoms with Crippen molar-refractivity contribution in [2.75, 3.05) is 0 Å². The Hall–Kier alpha value is -1.97. The summed E-state index contributed by atoms with van der Waals surface area (Å²) in [6.45, 7) is 0.497. The molecule has 0 aliphatic heterocycles. The lowest BCUT2D eigenvalue weighted by Crippen LogP contribution is -2.22. The number of nitrogens with one attached hydrogen (secondary N) is 2. The maximum Gasteiger partial charge on any atom is 0.254 e. The van der Waals surface area contributed by atoms with Crippen molar-refractivity contribution in [2.45, 2.75) is 6.54 Å². The number of hydrogen-bond donors (Lipinski definition) is 2. The molecule has 0 atom stereocenters. The molecule has 4 heteroatoms. The zero-order valence-electron chi connectivity index (χ0n) is 7.49. The molecule has 0 aliphatic carbocycles. The maximum atomic E-state index is 11.4. The van der Waals surface area contributed by atoms with Crippen LogP contribution in [0, 0.1) is 0 Å². The molecule has 0 spiro atoms. The summed E-state index contributed by atoms with van der Waals surface area (Å²) in [7, 11) is 0. The maximum absolute atomic E-state index is 11.4. The molecule has 2 aromatic heterocycles. The third kappa shape index (κ3) is 1.85. The van der Waals surface area contributed by atoms with Crippen molar-refractivity contribution in [3.05, 3.63) is 48.2 Å². The molecule has 0 bridgehead atoms. The van der Waals surface area contributed by atoms with Crippen molar-refractivity contribution in [3.63, 3.8) is 0 Å². The van der Waals surface area contributed by atoms with E-state index in [0.717, 1.165) is 5.69 Å². The second kappa shape index (κ2) is 3.83. The van der Waals surface area contributed by atoms with Crippen molar-refractivity contribution in [1.82, 2.24) is 10.3 Å². The first-order chi connectivity index (χ1) is 6.86. The van der Waals surface area contributed by atoms with Crippen LogP contribution in [0.3, 0.4) is 0 Å². The largest absolute Gasteiger partial charge is 0.472 e. The first kappa shape index (κ1) is 8.62. The molecule has 4 nitrogen and oxygen atoms in total. The van der Waals surface area contributed by atoms with Crippen LogP contribution in [0.4, 0.5) is 0 Å². The normalized spacial score (nSPS) is 10.0. The zero-order chi connectivity index (χ0) is 9.80. The minimum absolute atomic E-state index is 0.131. The highest BCUT2D eigenvalue weighted by Gasteiger charge is 2.05. The van der Waals surface area contributed by atoms with E-state index < -0.39 is 0 Å². The predicted octanol–water partition coefficient (Wildman–Crippen LogP) is 1.54. The van der Waals surface area contributed by atoms with Gasteiger partial charge >= 0.3 is 0 Å². The minimum atomic E-state index is -0.131. The van der Waals surface area contributed by atoms with E-state index >= 15 is 0 Å². The number of furan rings is 1. The molecule has 14 heavy (non-hydrogen) atoms. The second-order valence-corrected chi connectivity index (χ2v) is 2.89. The molecule has 0 aliphatic rings. The number of hydrogen-bond acceptors (Lipinski definition) is 2. The second-order valence-electron chi connectivity index (χ2n) is 2.89. The molecule has 0 saturated heterocycles. The highest BCUT2D eigenvalue weighted by Crippen LogP contribution is 2.00. The molecule has 0 fully saturated rings. The average Bonchev–Trinajstić information content (AvgIpc) is 2.87. The molecule has 0 saturated carbocycles. The van der Waals surface area contributed by atoms with Crippen LogP contribution in [-0.2, 0) is 6.54 Å². The van der Waals surface area contributed by atoms with Crippen molar-refractivity contribution >= 4 is 5.91 Å². The van der Waals surface area contributed by atoms with E-state index in [1.807, 2.05) is 18.3 Å². The molecular weight excluding hydrogens is 180 g/mol. The third-order valence-electron chi connectivity index (χ3n) is 1.89. The van der Waals surface area contributed by atoms with Crippen molar-refractivity contribution < 1.29 is 9.21 Å². The average molecular weight is 190 g/mol. The number of carbonyl (C=O) groups excluding carboxylic acids is 1. The van der Waals surface area contributed by atoms with Gasteiger partial charge in [-0.25, -0.2) is 0 Å². The van der Waals surface area contributed by atoms with E-state index in [-0.39, 0.29) is 5.91 Å². The van der Waals surface area contributed by atoms with Gasteiger partial charge in [0, 0.05) is 11.9 Å². The van der Waals surface area contributed by atoms with Crippen LogP contribution in [0.5, 0.6) is 0 Å². The van der Waals surface area contributed by atoms with Gasteiger partial charge < -0.3 is 14.7 Å². The predicted molar refractivity (Wildman–Crippen MR) is 50.7 cm³/mol. The molecule has 2 heterocycles. The number of amides is 1. The summed E-state index contributed by atoms with van der Waals surface area (Å²) in [5.74, 6) is -0.131. The molecule has 0 aromatic carbocycles. The first-order valence-corrected chi connectivity index (χ1v) is 4.29. The smallest absolute Gasteiger partial charge is 0.254 e. The van der Waals surface area contributed by atoms with Crippen LogP contribution in [0.2, 0.25) is 0 Å². The van der Waals surface area contributed by atoms with Crippen LogP contribution < -0.4 is 5.32 Å². The van der Waals surface area contributed by atoms with Gasteiger partial charge in [0.2, 0.25) is 0 Å². The SMILES string of the molecule is O=C(NCc1ccc[nH]1)c1ccoc1. The number of H-pyrrole nitrogens is 1. The summed E-state index contributed by atoms with van der Waals surface area (Å²) in [6, 6.07) is 5.43. The third-order valence-corrected chi connectivity index (χ3v) is 1.89. The Morgan fingerprint density at radius 3 is 3.07 bits per heavy atom. The van der Waals surface area contributed by atoms with Gasteiger partial charge in [-0.1, -0.05) is 0 Å². The standard InChI is InChI=1S/C10H10N2O2/c13-10(8-3-5-14-7-8)12-6-9-2-1-4-11-9/h1-5,7,11H,6H2,(H,12,13). The van der Waals surface area contributed by atoms with Crippen molar-refractivity contribution in [1.29, 1.82) is 0 Å².